The summed E-state index contributed by atoms with van der Waals surface area (Å²) in [6.45, 7) is 0.460. The quantitative estimate of drug-likeness (QED) is 0.671. The Morgan fingerprint density at radius 3 is 2.56 bits per heavy atom. The molecular formula is C18H15F5N2O2. The maximum Gasteiger partial charge on any atom is 0.410 e. The molecule has 0 spiro atoms. The minimum atomic E-state index is -3.01. The predicted octanol–water partition coefficient (Wildman–Crippen LogP) is 5.11. The molecule has 4 nitrogen and oxygen atoms in total. The number of benzene rings is 1. The van der Waals surface area contributed by atoms with Crippen molar-refractivity contribution in [2.45, 2.75) is 25.8 Å². The van der Waals surface area contributed by atoms with Crippen molar-refractivity contribution >= 4 is 6.09 Å². The minimum Gasteiger partial charge on any atom is -0.449 e. The molecule has 0 unspecified atom stereocenters. The van der Waals surface area contributed by atoms with Gasteiger partial charge in [-0.1, -0.05) is 6.07 Å². The van der Waals surface area contributed by atoms with Crippen molar-refractivity contribution in [3.05, 3.63) is 53.1 Å². The van der Waals surface area contributed by atoms with Gasteiger partial charge in [0.05, 0.1) is 18.7 Å². The Morgan fingerprint density at radius 2 is 1.89 bits per heavy atom. The molecule has 0 bridgehead atoms. The number of alkyl halides is 4. The van der Waals surface area contributed by atoms with Crippen LogP contribution in [0.15, 0.2) is 30.5 Å². The minimum absolute atomic E-state index is 0.0734. The summed E-state index contributed by atoms with van der Waals surface area (Å²) < 4.78 is 70.8. The van der Waals surface area contributed by atoms with Crippen molar-refractivity contribution in [1.82, 2.24) is 9.88 Å². The molecule has 1 aliphatic heterocycles. The molecule has 1 aromatic heterocycles. The number of hydrogen-bond donors (Lipinski definition) is 0. The molecule has 0 N–H and O–H groups in total. The lowest BCUT2D eigenvalue weighted by molar-refractivity contribution is 0.0689. The van der Waals surface area contributed by atoms with Crippen LogP contribution in [0.3, 0.4) is 0 Å². The summed E-state index contributed by atoms with van der Waals surface area (Å²) in [5, 5.41) is 0. The van der Waals surface area contributed by atoms with Crippen LogP contribution in [0.5, 0.6) is 0 Å². The molecule has 0 atom stereocenters. The number of cyclic esters (lactones) is 1. The number of nitrogens with zero attached hydrogens (tertiary/aromatic N) is 2. The van der Waals surface area contributed by atoms with E-state index in [1.807, 2.05) is 0 Å². The lowest BCUT2D eigenvalue weighted by Gasteiger charge is -2.27. The number of carbonyl (C=O) groups excluding carboxylic acids is 1. The smallest absolute Gasteiger partial charge is 0.410 e. The Labute approximate surface area is 151 Å². The van der Waals surface area contributed by atoms with Gasteiger partial charge >= 0.3 is 6.09 Å². The molecule has 1 saturated heterocycles. The van der Waals surface area contributed by atoms with Crippen molar-refractivity contribution in [2.24, 2.45) is 0 Å². The molecule has 1 aromatic carbocycles. The summed E-state index contributed by atoms with van der Waals surface area (Å²) in [6, 6.07) is 4.45. The summed E-state index contributed by atoms with van der Waals surface area (Å²) in [5.41, 5.74) is -0.742. The number of amides is 1. The third-order valence-electron chi connectivity index (χ3n) is 4.19. The topological polar surface area (TPSA) is 42.4 Å². The number of aromatic nitrogens is 1. The second kappa shape index (κ2) is 7.89. The second-order valence-corrected chi connectivity index (χ2v) is 6.00. The Bertz CT molecular complexity index is 844. The summed E-state index contributed by atoms with van der Waals surface area (Å²) in [6.07, 6.45) is -4.82. The van der Waals surface area contributed by atoms with Crippen LogP contribution >= 0.6 is 0 Å². The highest BCUT2D eigenvalue weighted by atomic mass is 19.3. The lowest BCUT2D eigenvalue weighted by Crippen LogP contribution is -2.37. The molecule has 0 saturated carbocycles. The first-order valence-corrected chi connectivity index (χ1v) is 8.13. The second-order valence-electron chi connectivity index (χ2n) is 6.00. The molecule has 1 fully saturated rings. The van der Waals surface area contributed by atoms with Crippen molar-refractivity contribution < 1.29 is 31.5 Å². The Hall–Kier alpha value is -2.71. The molecule has 144 valence electrons. The van der Waals surface area contributed by atoms with Gasteiger partial charge in [-0.05, 0) is 35.7 Å². The standard InChI is InChI=1S/C18H15F5N2O2/c19-14-3-2-10(7-13(14)16(20)21)11-6-12(15(17(22)23)24-8-11)9-25-4-1-5-27-18(25)26/h2-3,6-8,16-17H,1,4-5,9H2. The van der Waals surface area contributed by atoms with Gasteiger partial charge in [0.2, 0.25) is 0 Å². The zero-order valence-electron chi connectivity index (χ0n) is 14.0. The molecule has 3 rings (SSSR count). The van der Waals surface area contributed by atoms with Gasteiger partial charge in [0, 0.05) is 18.3 Å². The first kappa shape index (κ1) is 19.1. The zero-order chi connectivity index (χ0) is 19.6. The van der Waals surface area contributed by atoms with E-state index in [2.05, 4.69) is 4.98 Å². The third-order valence-corrected chi connectivity index (χ3v) is 4.19. The summed E-state index contributed by atoms with van der Waals surface area (Å²) in [4.78, 5) is 16.8. The van der Waals surface area contributed by atoms with E-state index in [0.717, 1.165) is 18.3 Å². The summed E-state index contributed by atoms with van der Waals surface area (Å²) >= 11 is 0. The van der Waals surface area contributed by atoms with Gasteiger partial charge < -0.3 is 9.64 Å². The molecule has 1 aliphatic rings. The fourth-order valence-electron chi connectivity index (χ4n) is 2.84. The Morgan fingerprint density at radius 1 is 1.11 bits per heavy atom. The van der Waals surface area contributed by atoms with E-state index in [0.29, 0.717) is 13.0 Å². The van der Waals surface area contributed by atoms with Crippen molar-refractivity contribution in [3.8, 4) is 11.1 Å². The van der Waals surface area contributed by atoms with Crippen LogP contribution in [0.4, 0.5) is 26.7 Å². The van der Waals surface area contributed by atoms with Gasteiger partial charge in [-0.25, -0.2) is 26.7 Å². The first-order valence-electron chi connectivity index (χ1n) is 8.13. The molecule has 0 aliphatic carbocycles. The fourth-order valence-corrected chi connectivity index (χ4v) is 2.84. The van der Waals surface area contributed by atoms with Crippen LogP contribution in [-0.2, 0) is 11.3 Å². The molecule has 0 radical (unpaired) electrons. The molecule has 9 heteroatoms. The van der Waals surface area contributed by atoms with Crippen molar-refractivity contribution in [1.29, 1.82) is 0 Å². The van der Waals surface area contributed by atoms with E-state index >= 15 is 0 Å². The van der Waals surface area contributed by atoms with Gasteiger partial charge in [-0.3, -0.25) is 4.98 Å². The number of carbonyl (C=O) groups is 1. The van der Waals surface area contributed by atoms with Gasteiger partial charge in [-0.15, -0.1) is 0 Å². The molecule has 27 heavy (non-hydrogen) atoms. The van der Waals surface area contributed by atoms with Gasteiger partial charge in [0.25, 0.3) is 12.9 Å². The maximum atomic E-state index is 13.5. The van der Waals surface area contributed by atoms with E-state index in [1.165, 1.54) is 17.0 Å². The fraction of sp³-hybridized carbons (Fsp3) is 0.333. The van der Waals surface area contributed by atoms with Crippen LogP contribution in [0.25, 0.3) is 11.1 Å². The third kappa shape index (κ3) is 4.17. The normalized spacial score (nSPS) is 14.8. The average molecular weight is 386 g/mol. The zero-order valence-corrected chi connectivity index (χ0v) is 14.0. The highest BCUT2D eigenvalue weighted by Gasteiger charge is 2.24. The Kier molecular flexibility index (Phi) is 5.57. The van der Waals surface area contributed by atoms with E-state index in [1.54, 1.807) is 0 Å². The van der Waals surface area contributed by atoms with Gasteiger partial charge in [0.15, 0.2) is 0 Å². The van der Waals surface area contributed by atoms with E-state index < -0.39 is 36.0 Å². The predicted molar refractivity (Wildman–Crippen MR) is 85.9 cm³/mol. The molecule has 2 aromatic rings. The molecule has 1 amide bonds. The highest BCUT2D eigenvalue weighted by molar-refractivity contribution is 5.69. The van der Waals surface area contributed by atoms with Crippen LogP contribution in [0.1, 0.15) is 36.1 Å². The number of pyridine rings is 1. The van der Waals surface area contributed by atoms with E-state index in [9.17, 15) is 26.7 Å². The highest BCUT2D eigenvalue weighted by Crippen LogP contribution is 2.31. The van der Waals surface area contributed by atoms with E-state index in [4.69, 9.17) is 4.74 Å². The van der Waals surface area contributed by atoms with Crippen LogP contribution in [0.2, 0.25) is 0 Å². The summed E-state index contributed by atoms with van der Waals surface area (Å²) in [5.74, 6) is -1.05. The van der Waals surface area contributed by atoms with Crippen LogP contribution in [-0.4, -0.2) is 29.1 Å². The monoisotopic (exact) mass is 386 g/mol. The number of hydrogen-bond acceptors (Lipinski definition) is 3. The maximum absolute atomic E-state index is 13.5. The van der Waals surface area contributed by atoms with Gasteiger partial charge in [-0.2, -0.15) is 0 Å². The number of ether oxygens (including phenoxy) is 1. The van der Waals surface area contributed by atoms with E-state index in [-0.39, 0.29) is 29.8 Å². The lowest BCUT2D eigenvalue weighted by atomic mass is 10.0. The van der Waals surface area contributed by atoms with Crippen LogP contribution in [0, 0.1) is 5.82 Å². The SMILES string of the molecule is O=C1OCCCN1Cc1cc(-c2ccc(F)c(C(F)F)c2)cnc1C(F)F. The average Bonchev–Trinajstić information content (AvgIpc) is 2.63. The largest absolute Gasteiger partial charge is 0.449 e. The van der Waals surface area contributed by atoms with Gasteiger partial charge in [0.1, 0.15) is 11.5 Å². The molecular weight excluding hydrogens is 371 g/mol. The number of halogens is 5. The number of rotatable bonds is 5. The first-order chi connectivity index (χ1) is 12.9. The van der Waals surface area contributed by atoms with Crippen molar-refractivity contribution in [2.75, 3.05) is 13.2 Å². The Balaban J connectivity index is 1.98. The van der Waals surface area contributed by atoms with Crippen molar-refractivity contribution in [3.63, 3.8) is 0 Å². The van der Waals surface area contributed by atoms with Crippen LogP contribution < -0.4 is 0 Å². The summed E-state index contributed by atoms with van der Waals surface area (Å²) in [7, 11) is 0. The molecule has 2 heterocycles.